The van der Waals surface area contributed by atoms with Gasteiger partial charge in [-0.05, 0) is 43.4 Å². The summed E-state index contributed by atoms with van der Waals surface area (Å²) in [5, 5.41) is 30.5. The van der Waals surface area contributed by atoms with Crippen LogP contribution in [0.5, 0.6) is 0 Å². The van der Waals surface area contributed by atoms with Crippen LogP contribution in [0.25, 0.3) is 0 Å². The fourth-order valence-electron chi connectivity index (χ4n) is 4.12. The molecule has 2 aliphatic carbocycles. The Hall–Kier alpha value is -0.380. The smallest absolute Gasteiger partial charge is 0.0867 e. The summed E-state index contributed by atoms with van der Waals surface area (Å²) >= 11 is 0. The van der Waals surface area contributed by atoms with Crippen molar-refractivity contribution in [1.82, 2.24) is 0 Å². The van der Waals surface area contributed by atoms with E-state index in [9.17, 15) is 15.3 Å². The molecule has 0 bridgehead atoms. The van der Waals surface area contributed by atoms with Crippen LogP contribution in [-0.2, 0) is 0 Å². The third kappa shape index (κ3) is 2.02. The van der Waals surface area contributed by atoms with Crippen LogP contribution in [0.2, 0.25) is 0 Å². The first-order valence-corrected chi connectivity index (χ1v) is 6.97. The van der Waals surface area contributed by atoms with E-state index in [0.29, 0.717) is 12.3 Å². The van der Waals surface area contributed by atoms with Crippen LogP contribution >= 0.6 is 0 Å². The summed E-state index contributed by atoms with van der Waals surface area (Å²) in [7, 11) is 0. The topological polar surface area (TPSA) is 60.7 Å². The van der Waals surface area contributed by atoms with Crippen molar-refractivity contribution >= 4 is 0 Å². The third-order valence-corrected chi connectivity index (χ3v) is 5.59. The van der Waals surface area contributed by atoms with E-state index in [0.717, 1.165) is 18.4 Å². The first kappa shape index (κ1) is 14.0. The minimum Gasteiger partial charge on any atom is -0.393 e. The van der Waals surface area contributed by atoms with Crippen molar-refractivity contribution in [2.24, 2.45) is 23.2 Å². The van der Waals surface area contributed by atoms with Gasteiger partial charge in [0, 0.05) is 5.92 Å². The predicted octanol–water partition coefficient (Wildman–Crippen LogP) is 1.72. The van der Waals surface area contributed by atoms with Crippen molar-refractivity contribution in [3.63, 3.8) is 0 Å². The number of fused-ring (bicyclic) bond motifs is 1. The Morgan fingerprint density at radius 3 is 2.33 bits per heavy atom. The number of aliphatic hydroxyl groups is 3. The summed E-state index contributed by atoms with van der Waals surface area (Å²) < 4.78 is 0. The first-order chi connectivity index (χ1) is 8.27. The fourth-order valence-corrected chi connectivity index (χ4v) is 4.12. The molecule has 0 saturated heterocycles. The molecule has 2 rings (SSSR count). The molecular weight excluding hydrogens is 228 g/mol. The summed E-state index contributed by atoms with van der Waals surface area (Å²) in [5.41, 5.74) is 0.932. The van der Waals surface area contributed by atoms with Gasteiger partial charge in [-0.1, -0.05) is 26.0 Å². The highest BCUT2D eigenvalue weighted by Gasteiger charge is 2.54. The van der Waals surface area contributed by atoms with Gasteiger partial charge in [0.15, 0.2) is 0 Å². The van der Waals surface area contributed by atoms with Crippen molar-refractivity contribution in [1.29, 1.82) is 0 Å². The standard InChI is InChI=1S/C15H26O3/c1-8(2)11-7-15(4)9(3)5-10(16)6-12(15)14(18)13(11)17/h9-14,16-18H,1,5-7H2,2-4H3. The van der Waals surface area contributed by atoms with Crippen molar-refractivity contribution in [2.75, 3.05) is 0 Å². The van der Waals surface area contributed by atoms with Crippen LogP contribution in [0.15, 0.2) is 12.2 Å². The average molecular weight is 254 g/mol. The Kier molecular flexibility index (Phi) is 3.60. The monoisotopic (exact) mass is 254 g/mol. The lowest BCUT2D eigenvalue weighted by Gasteiger charge is -2.56. The zero-order valence-electron chi connectivity index (χ0n) is 11.6. The summed E-state index contributed by atoms with van der Waals surface area (Å²) in [4.78, 5) is 0. The second-order valence-electron chi connectivity index (χ2n) is 6.78. The molecule has 3 N–H and O–H groups in total. The molecule has 2 saturated carbocycles. The van der Waals surface area contributed by atoms with Crippen LogP contribution in [-0.4, -0.2) is 33.6 Å². The van der Waals surface area contributed by atoms with Gasteiger partial charge < -0.3 is 15.3 Å². The predicted molar refractivity (Wildman–Crippen MR) is 70.9 cm³/mol. The quantitative estimate of drug-likeness (QED) is 0.624. The Balaban J connectivity index is 2.32. The summed E-state index contributed by atoms with van der Waals surface area (Å²) in [6, 6.07) is 0. The molecule has 0 aromatic heterocycles. The van der Waals surface area contributed by atoms with Crippen molar-refractivity contribution in [2.45, 2.75) is 58.3 Å². The molecular formula is C15H26O3. The maximum absolute atomic E-state index is 10.4. The lowest BCUT2D eigenvalue weighted by atomic mass is 9.51. The molecule has 0 aliphatic heterocycles. The van der Waals surface area contributed by atoms with Gasteiger partial charge in [-0.15, -0.1) is 0 Å². The molecule has 7 atom stereocenters. The summed E-state index contributed by atoms with van der Waals surface area (Å²) in [5.74, 6) is 0.316. The highest BCUT2D eigenvalue weighted by atomic mass is 16.3. The highest BCUT2D eigenvalue weighted by Crippen LogP contribution is 2.55. The Bertz CT molecular complexity index is 341. The van der Waals surface area contributed by atoms with E-state index in [4.69, 9.17) is 0 Å². The number of hydrogen-bond donors (Lipinski definition) is 3. The van der Waals surface area contributed by atoms with E-state index in [1.165, 1.54) is 0 Å². The number of rotatable bonds is 1. The second-order valence-corrected chi connectivity index (χ2v) is 6.78. The van der Waals surface area contributed by atoms with Crippen LogP contribution in [0.3, 0.4) is 0 Å². The fraction of sp³-hybridized carbons (Fsp3) is 0.867. The van der Waals surface area contributed by atoms with Gasteiger partial charge in [-0.2, -0.15) is 0 Å². The van der Waals surface area contributed by atoms with Crippen molar-refractivity contribution in [3.05, 3.63) is 12.2 Å². The zero-order valence-corrected chi connectivity index (χ0v) is 11.6. The highest BCUT2D eigenvalue weighted by molar-refractivity contribution is 5.11. The summed E-state index contributed by atoms with van der Waals surface area (Å²) in [6.45, 7) is 10.2. The van der Waals surface area contributed by atoms with Crippen molar-refractivity contribution < 1.29 is 15.3 Å². The second kappa shape index (κ2) is 4.62. The molecule has 0 spiro atoms. The van der Waals surface area contributed by atoms with E-state index < -0.39 is 12.2 Å². The largest absolute Gasteiger partial charge is 0.393 e. The van der Waals surface area contributed by atoms with Crippen LogP contribution < -0.4 is 0 Å². The van der Waals surface area contributed by atoms with Crippen molar-refractivity contribution in [3.8, 4) is 0 Å². The molecule has 104 valence electrons. The normalized spacial score (nSPS) is 52.8. The van der Waals surface area contributed by atoms with Gasteiger partial charge >= 0.3 is 0 Å². The maximum Gasteiger partial charge on any atom is 0.0867 e. The Morgan fingerprint density at radius 1 is 1.17 bits per heavy atom. The van der Waals surface area contributed by atoms with E-state index in [2.05, 4.69) is 20.4 Å². The molecule has 0 aromatic carbocycles. The van der Waals surface area contributed by atoms with Gasteiger partial charge in [-0.3, -0.25) is 0 Å². The first-order valence-electron chi connectivity index (χ1n) is 6.97. The van der Waals surface area contributed by atoms with E-state index in [-0.39, 0.29) is 23.4 Å². The van der Waals surface area contributed by atoms with Gasteiger partial charge in [0.2, 0.25) is 0 Å². The Labute approximate surface area is 110 Å². The minimum absolute atomic E-state index is 0.0122. The number of aliphatic hydroxyl groups excluding tert-OH is 3. The maximum atomic E-state index is 10.4. The molecule has 0 amide bonds. The van der Waals surface area contributed by atoms with Crippen LogP contribution in [0, 0.1) is 23.2 Å². The molecule has 0 radical (unpaired) electrons. The third-order valence-electron chi connectivity index (χ3n) is 5.59. The molecule has 2 fully saturated rings. The minimum atomic E-state index is -0.747. The lowest BCUT2D eigenvalue weighted by molar-refractivity contribution is -0.167. The van der Waals surface area contributed by atoms with Crippen LogP contribution in [0.1, 0.15) is 40.0 Å². The van der Waals surface area contributed by atoms with Gasteiger partial charge in [0.05, 0.1) is 18.3 Å². The number of hydrogen-bond acceptors (Lipinski definition) is 3. The molecule has 7 unspecified atom stereocenters. The molecule has 0 aromatic rings. The molecule has 18 heavy (non-hydrogen) atoms. The lowest BCUT2D eigenvalue weighted by Crippen LogP contribution is -2.58. The summed E-state index contributed by atoms with van der Waals surface area (Å²) in [6.07, 6.45) is 0.419. The van der Waals surface area contributed by atoms with E-state index in [1.54, 1.807) is 0 Å². The molecule has 3 heteroatoms. The van der Waals surface area contributed by atoms with E-state index in [1.807, 2.05) is 6.92 Å². The Morgan fingerprint density at radius 2 is 1.78 bits per heavy atom. The van der Waals surface area contributed by atoms with Gasteiger partial charge in [0.25, 0.3) is 0 Å². The SMILES string of the molecule is C=C(C)C1CC2(C)C(C)CC(O)CC2C(O)C1O. The molecule has 3 nitrogen and oxygen atoms in total. The average Bonchev–Trinajstić information content (AvgIpc) is 2.27. The molecule has 0 heterocycles. The zero-order chi connectivity index (χ0) is 13.7. The van der Waals surface area contributed by atoms with Gasteiger partial charge in [-0.25, -0.2) is 0 Å². The molecule has 2 aliphatic rings. The van der Waals surface area contributed by atoms with E-state index >= 15 is 0 Å². The van der Waals surface area contributed by atoms with Gasteiger partial charge in [0.1, 0.15) is 0 Å². The van der Waals surface area contributed by atoms with Crippen LogP contribution in [0.4, 0.5) is 0 Å².